The number of hydrogen-bond acceptors (Lipinski definition) is 4. The summed E-state index contributed by atoms with van der Waals surface area (Å²) in [5.74, 6) is -0.361. The van der Waals surface area contributed by atoms with Gasteiger partial charge < -0.3 is 15.2 Å². The molecule has 1 aliphatic rings. The summed E-state index contributed by atoms with van der Waals surface area (Å²) in [7, 11) is 1.32. The quantitative estimate of drug-likeness (QED) is 0.555. The molecule has 2 N–H and O–H groups in total. The van der Waals surface area contributed by atoms with Crippen LogP contribution in [0.1, 0.15) is 6.42 Å². The number of ether oxygens (including phenoxy) is 1. The van der Waals surface area contributed by atoms with Crippen LogP contribution in [-0.2, 0) is 9.53 Å². The fourth-order valence-corrected chi connectivity index (χ4v) is 1.04. The van der Waals surface area contributed by atoms with Crippen molar-refractivity contribution < 1.29 is 14.6 Å². The van der Waals surface area contributed by atoms with Gasteiger partial charge in [0.2, 0.25) is 1.43 Å². The van der Waals surface area contributed by atoms with E-state index in [1.807, 2.05) is 0 Å². The molecule has 1 aliphatic heterocycles. The van der Waals surface area contributed by atoms with Gasteiger partial charge >= 0.3 is 5.97 Å². The van der Waals surface area contributed by atoms with E-state index in [1.54, 1.807) is 0 Å². The van der Waals surface area contributed by atoms with Gasteiger partial charge in [-0.3, -0.25) is 4.79 Å². The molecule has 0 aromatic carbocycles. The highest BCUT2D eigenvalue weighted by molar-refractivity contribution is 5.85. The van der Waals surface area contributed by atoms with E-state index in [0.29, 0.717) is 13.0 Å². The van der Waals surface area contributed by atoms with Crippen molar-refractivity contribution in [2.75, 3.05) is 13.7 Å². The second-order valence-electron chi connectivity index (χ2n) is 2.28. The van der Waals surface area contributed by atoms with Gasteiger partial charge in [0.1, 0.15) is 6.04 Å². The molecule has 0 aromatic rings. The van der Waals surface area contributed by atoms with Gasteiger partial charge in [0.05, 0.1) is 13.2 Å². The SMILES string of the molecule is Cl.[2H]O[C@@H]1CCN[C@@H]1C(=O)OC. The van der Waals surface area contributed by atoms with Crippen LogP contribution in [-0.4, -0.2) is 38.3 Å². The molecule has 11 heavy (non-hydrogen) atoms. The van der Waals surface area contributed by atoms with Crippen LogP contribution < -0.4 is 5.32 Å². The molecule has 1 saturated heterocycles. The molecule has 0 saturated carbocycles. The third-order valence-corrected chi connectivity index (χ3v) is 1.62. The third-order valence-electron chi connectivity index (χ3n) is 1.62. The van der Waals surface area contributed by atoms with Crippen LogP contribution in [0.4, 0.5) is 0 Å². The average molecular weight is 183 g/mol. The zero-order valence-electron chi connectivity index (χ0n) is 7.20. The Labute approximate surface area is 72.8 Å². The monoisotopic (exact) mass is 182 g/mol. The molecule has 0 spiro atoms. The van der Waals surface area contributed by atoms with Gasteiger partial charge in [0.25, 0.3) is 0 Å². The normalized spacial score (nSPS) is 30.5. The molecule has 66 valence electrons. The van der Waals surface area contributed by atoms with Crippen molar-refractivity contribution in [3.05, 3.63) is 0 Å². The number of esters is 1. The summed E-state index contributed by atoms with van der Waals surface area (Å²) >= 11 is 0. The summed E-state index contributed by atoms with van der Waals surface area (Å²) in [4.78, 5) is 10.9. The standard InChI is InChI=1S/C6H11NO3.ClH/c1-10-6(9)5-4(8)2-3-7-5;/h4-5,7-8H,2-3H2,1H3;1H/t4-,5+;/m1./s1/i8D;. The number of aliphatic hydroxyl groups excluding tert-OH is 1. The van der Waals surface area contributed by atoms with Crippen LogP contribution >= 0.6 is 12.4 Å². The van der Waals surface area contributed by atoms with Crippen LogP contribution in [0.25, 0.3) is 0 Å². The van der Waals surface area contributed by atoms with Crippen molar-refractivity contribution in [1.29, 1.82) is 1.43 Å². The summed E-state index contributed by atoms with van der Waals surface area (Å²) in [5, 5.41) is 7.22. The van der Waals surface area contributed by atoms with E-state index in [2.05, 4.69) is 15.2 Å². The minimum absolute atomic E-state index is 0. The molecule has 4 nitrogen and oxygen atoms in total. The largest absolute Gasteiger partial charge is 0.468 e. The topological polar surface area (TPSA) is 58.6 Å². The number of nitrogens with one attached hydrogen (secondary N) is 1. The summed E-state index contributed by atoms with van der Waals surface area (Å²) < 4.78 is 11.2. The Hall–Kier alpha value is -0.320. The molecule has 2 atom stereocenters. The van der Waals surface area contributed by atoms with E-state index in [1.165, 1.54) is 7.11 Å². The van der Waals surface area contributed by atoms with Gasteiger partial charge in [-0.1, -0.05) is 0 Å². The number of halogens is 1. The number of carbonyl (C=O) groups excluding carboxylic acids is 1. The minimum Gasteiger partial charge on any atom is -0.468 e. The smallest absolute Gasteiger partial charge is 0.325 e. The lowest BCUT2D eigenvalue weighted by Gasteiger charge is -2.10. The molecule has 1 heterocycles. The van der Waals surface area contributed by atoms with Gasteiger partial charge in [-0.25, -0.2) is 0 Å². The molecule has 0 aromatic heterocycles. The van der Waals surface area contributed by atoms with Gasteiger partial charge in [0, 0.05) is 0 Å². The number of methoxy groups -OCH3 is 1. The molecule has 0 aliphatic carbocycles. The van der Waals surface area contributed by atoms with Crippen LogP contribution in [0.15, 0.2) is 0 Å². The van der Waals surface area contributed by atoms with Crippen LogP contribution in [0.2, 0.25) is 0 Å². The summed E-state index contributed by atoms with van der Waals surface area (Å²) in [5.41, 5.74) is 0. The maximum absolute atomic E-state index is 10.9. The van der Waals surface area contributed by atoms with Crippen LogP contribution in [0.5, 0.6) is 0 Å². The Kier molecular flexibility index (Phi) is 3.62. The van der Waals surface area contributed by atoms with E-state index in [9.17, 15) is 4.79 Å². The van der Waals surface area contributed by atoms with Gasteiger partial charge in [-0.05, 0) is 13.0 Å². The second-order valence-corrected chi connectivity index (χ2v) is 2.28. The highest BCUT2D eigenvalue weighted by atomic mass is 35.5. The van der Waals surface area contributed by atoms with Gasteiger partial charge in [-0.2, -0.15) is 0 Å². The van der Waals surface area contributed by atoms with Crippen molar-refractivity contribution in [2.24, 2.45) is 0 Å². The molecule has 1 rings (SSSR count). The Morgan fingerprint density at radius 1 is 1.91 bits per heavy atom. The van der Waals surface area contributed by atoms with Crippen molar-refractivity contribution in [1.82, 2.24) is 5.32 Å². The Morgan fingerprint density at radius 3 is 3.18 bits per heavy atom. The van der Waals surface area contributed by atoms with E-state index in [4.69, 9.17) is 1.43 Å². The number of aliphatic hydroxyl groups is 1. The van der Waals surface area contributed by atoms with Crippen molar-refractivity contribution in [2.45, 2.75) is 18.6 Å². The molecule has 0 unspecified atom stereocenters. The lowest BCUT2D eigenvalue weighted by atomic mass is 10.2. The van der Waals surface area contributed by atoms with E-state index >= 15 is 0 Å². The molecule has 0 radical (unpaired) electrons. The van der Waals surface area contributed by atoms with Crippen molar-refractivity contribution in [3.63, 3.8) is 0 Å². The summed E-state index contributed by atoms with van der Waals surface area (Å²) in [6.07, 6.45) is 0.325. The highest BCUT2D eigenvalue weighted by Gasteiger charge is 2.31. The second kappa shape index (κ2) is 4.54. The lowest BCUT2D eigenvalue weighted by molar-refractivity contribution is -0.144. The number of hydrogen-bond donors (Lipinski definition) is 2. The lowest BCUT2D eigenvalue weighted by Crippen LogP contribution is -2.39. The van der Waals surface area contributed by atoms with Gasteiger partial charge in [-0.15, -0.1) is 12.4 Å². The van der Waals surface area contributed by atoms with E-state index < -0.39 is 6.04 Å². The van der Waals surface area contributed by atoms with E-state index in [-0.39, 0.29) is 24.5 Å². The minimum atomic E-state index is -0.461. The van der Waals surface area contributed by atoms with Crippen LogP contribution in [0.3, 0.4) is 0 Å². The van der Waals surface area contributed by atoms with Gasteiger partial charge in [0.15, 0.2) is 0 Å². The first-order chi connectivity index (χ1) is 5.29. The first-order valence-corrected chi connectivity index (χ1v) is 3.22. The predicted molar refractivity (Wildman–Crippen MR) is 41.7 cm³/mol. The van der Waals surface area contributed by atoms with E-state index in [0.717, 1.165) is 0 Å². The molecular formula is C6H12ClNO3. The first kappa shape index (κ1) is 8.77. The Balaban J connectivity index is 0.00000121. The molecular weight excluding hydrogens is 170 g/mol. The summed E-state index contributed by atoms with van der Waals surface area (Å²) in [6.45, 7) is 0.698. The average Bonchev–Trinajstić information content (AvgIpc) is 2.50. The molecule has 0 amide bonds. The van der Waals surface area contributed by atoms with Crippen molar-refractivity contribution >= 4 is 18.4 Å². The zero-order chi connectivity index (χ0) is 8.27. The maximum Gasteiger partial charge on any atom is 0.325 e. The first-order valence-electron chi connectivity index (χ1n) is 3.63. The Bertz CT molecular complexity index is 158. The fourth-order valence-electron chi connectivity index (χ4n) is 1.04. The highest BCUT2D eigenvalue weighted by Crippen LogP contribution is 2.07. The fraction of sp³-hybridized carbons (Fsp3) is 0.833. The summed E-state index contributed by atoms with van der Waals surface area (Å²) in [6, 6.07) is -0.461. The molecule has 0 bridgehead atoms. The number of rotatable bonds is 2. The molecule has 5 heteroatoms. The molecule has 1 fully saturated rings. The third kappa shape index (κ3) is 2.32. The van der Waals surface area contributed by atoms with Crippen LogP contribution in [0, 0.1) is 0 Å². The zero-order valence-corrected chi connectivity index (χ0v) is 7.02. The maximum atomic E-state index is 10.9. The predicted octanol–water partition coefficient (Wildman–Crippen LogP) is -0.696. The number of carbonyl (C=O) groups is 1. The van der Waals surface area contributed by atoms with Crippen molar-refractivity contribution in [3.8, 4) is 0 Å². The Morgan fingerprint density at radius 2 is 2.64 bits per heavy atom.